The van der Waals surface area contributed by atoms with E-state index in [9.17, 15) is 0 Å². The van der Waals surface area contributed by atoms with Crippen LogP contribution in [0.1, 0.15) is 11.3 Å². The fourth-order valence-electron chi connectivity index (χ4n) is 1.32. The Morgan fingerprint density at radius 2 is 2.38 bits per heavy atom. The van der Waals surface area contributed by atoms with Gasteiger partial charge in [0.2, 0.25) is 0 Å². The Kier molecular flexibility index (Phi) is 2.09. The first-order valence-electron chi connectivity index (χ1n) is 3.97. The van der Waals surface area contributed by atoms with Gasteiger partial charge in [0.25, 0.3) is 0 Å². The Labute approximate surface area is 84.2 Å². The lowest BCUT2D eigenvalue weighted by Gasteiger charge is -1.96. The van der Waals surface area contributed by atoms with Gasteiger partial charge in [-0.2, -0.15) is 0 Å². The SMILES string of the molecule is Cc1cccn2c(Br)c(CO)nc12. The van der Waals surface area contributed by atoms with Crippen LogP contribution in [0.2, 0.25) is 0 Å². The van der Waals surface area contributed by atoms with Crippen LogP contribution in [0.25, 0.3) is 5.65 Å². The minimum absolute atomic E-state index is 0.0400. The van der Waals surface area contributed by atoms with Gasteiger partial charge in [-0.25, -0.2) is 4.98 Å². The number of imidazole rings is 1. The van der Waals surface area contributed by atoms with Gasteiger partial charge in [-0.05, 0) is 34.5 Å². The predicted octanol–water partition coefficient (Wildman–Crippen LogP) is 1.90. The second kappa shape index (κ2) is 3.12. The second-order valence-electron chi connectivity index (χ2n) is 2.89. The minimum atomic E-state index is -0.0400. The van der Waals surface area contributed by atoms with E-state index in [1.54, 1.807) is 0 Å². The molecule has 2 rings (SSSR count). The van der Waals surface area contributed by atoms with Crippen molar-refractivity contribution >= 4 is 21.6 Å². The van der Waals surface area contributed by atoms with Gasteiger partial charge in [-0.15, -0.1) is 0 Å². The number of hydrogen-bond acceptors (Lipinski definition) is 2. The van der Waals surface area contributed by atoms with E-state index in [4.69, 9.17) is 5.11 Å². The molecule has 0 radical (unpaired) electrons. The maximum absolute atomic E-state index is 9.00. The maximum atomic E-state index is 9.00. The van der Waals surface area contributed by atoms with Crippen LogP contribution in [0, 0.1) is 6.92 Å². The van der Waals surface area contributed by atoms with Crippen molar-refractivity contribution in [3.63, 3.8) is 0 Å². The Morgan fingerprint density at radius 1 is 1.62 bits per heavy atom. The number of aryl methyl sites for hydroxylation is 1. The molecule has 2 heterocycles. The number of nitrogens with zero attached hydrogens (tertiary/aromatic N) is 2. The van der Waals surface area contributed by atoms with Crippen molar-refractivity contribution in [1.82, 2.24) is 9.38 Å². The Balaban J connectivity index is 2.83. The molecule has 0 aliphatic rings. The second-order valence-corrected chi connectivity index (χ2v) is 3.64. The largest absolute Gasteiger partial charge is 0.390 e. The standard InChI is InChI=1S/C9H9BrN2O/c1-6-3-2-4-12-8(10)7(5-13)11-9(6)12/h2-4,13H,5H2,1H3. The van der Waals surface area contributed by atoms with Crippen molar-refractivity contribution in [2.24, 2.45) is 0 Å². The zero-order valence-corrected chi connectivity index (χ0v) is 8.74. The number of pyridine rings is 1. The molecule has 0 aliphatic carbocycles. The van der Waals surface area contributed by atoms with Crippen molar-refractivity contribution in [2.45, 2.75) is 13.5 Å². The molecule has 68 valence electrons. The van der Waals surface area contributed by atoms with E-state index in [0.29, 0.717) is 5.69 Å². The summed E-state index contributed by atoms with van der Waals surface area (Å²) in [5, 5.41) is 9.00. The fraction of sp³-hybridized carbons (Fsp3) is 0.222. The van der Waals surface area contributed by atoms with Crippen LogP contribution in [0.3, 0.4) is 0 Å². The Hall–Kier alpha value is -0.870. The van der Waals surface area contributed by atoms with Gasteiger partial charge in [0.1, 0.15) is 10.3 Å². The third-order valence-corrected chi connectivity index (χ3v) is 2.84. The number of aliphatic hydroxyl groups is 1. The number of hydrogen-bond donors (Lipinski definition) is 1. The van der Waals surface area contributed by atoms with Crippen molar-refractivity contribution in [1.29, 1.82) is 0 Å². The number of aromatic nitrogens is 2. The van der Waals surface area contributed by atoms with Gasteiger partial charge in [-0.3, -0.25) is 4.40 Å². The van der Waals surface area contributed by atoms with Crippen molar-refractivity contribution in [3.05, 3.63) is 34.2 Å². The molecule has 3 nitrogen and oxygen atoms in total. The van der Waals surface area contributed by atoms with Gasteiger partial charge in [0.15, 0.2) is 0 Å². The lowest BCUT2D eigenvalue weighted by Crippen LogP contribution is -1.86. The topological polar surface area (TPSA) is 37.5 Å². The van der Waals surface area contributed by atoms with E-state index >= 15 is 0 Å². The molecular formula is C9H9BrN2O. The molecule has 0 atom stereocenters. The van der Waals surface area contributed by atoms with Crippen LogP contribution >= 0.6 is 15.9 Å². The van der Waals surface area contributed by atoms with Crippen LogP contribution in [-0.4, -0.2) is 14.5 Å². The molecule has 0 bridgehead atoms. The first-order chi connectivity index (χ1) is 6.24. The lowest BCUT2D eigenvalue weighted by atomic mass is 10.3. The highest BCUT2D eigenvalue weighted by Crippen LogP contribution is 2.20. The van der Waals surface area contributed by atoms with Gasteiger partial charge in [-0.1, -0.05) is 6.07 Å². The smallest absolute Gasteiger partial charge is 0.140 e. The highest BCUT2D eigenvalue weighted by Gasteiger charge is 2.08. The van der Waals surface area contributed by atoms with Gasteiger partial charge >= 0.3 is 0 Å². The summed E-state index contributed by atoms with van der Waals surface area (Å²) < 4.78 is 2.75. The summed E-state index contributed by atoms with van der Waals surface area (Å²) >= 11 is 3.39. The Morgan fingerprint density at radius 3 is 3.00 bits per heavy atom. The van der Waals surface area contributed by atoms with E-state index < -0.39 is 0 Å². The van der Waals surface area contributed by atoms with Gasteiger partial charge < -0.3 is 5.11 Å². The molecule has 0 aliphatic heterocycles. The van der Waals surface area contributed by atoms with Crippen molar-refractivity contribution < 1.29 is 5.11 Å². The van der Waals surface area contributed by atoms with E-state index in [0.717, 1.165) is 15.8 Å². The summed E-state index contributed by atoms with van der Waals surface area (Å²) in [6.45, 7) is 1.96. The zero-order chi connectivity index (χ0) is 9.42. The van der Waals surface area contributed by atoms with Crippen LogP contribution in [0.4, 0.5) is 0 Å². The van der Waals surface area contributed by atoms with Gasteiger partial charge in [0, 0.05) is 6.20 Å². The molecule has 1 N–H and O–H groups in total. The van der Waals surface area contributed by atoms with E-state index in [-0.39, 0.29) is 6.61 Å². The summed E-state index contributed by atoms with van der Waals surface area (Å²) in [5.41, 5.74) is 2.66. The predicted molar refractivity (Wildman–Crippen MR) is 53.6 cm³/mol. The first-order valence-corrected chi connectivity index (χ1v) is 4.76. The molecule has 0 amide bonds. The van der Waals surface area contributed by atoms with Crippen LogP contribution in [-0.2, 0) is 6.61 Å². The van der Waals surface area contributed by atoms with Crippen LogP contribution in [0.15, 0.2) is 22.9 Å². The van der Waals surface area contributed by atoms with Gasteiger partial charge in [0.05, 0.1) is 12.3 Å². The number of fused-ring (bicyclic) bond motifs is 1. The summed E-state index contributed by atoms with van der Waals surface area (Å²) in [7, 11) is 0. The van der Waals surface area contributed by atoms with E-state index in [2.05, 4.69) is 20.9 Å². The molecule has 13 heavy (non-hydrogen) atoms. The summed E-state index contributed by atoms with van der Waals surface area (Å²) in [6.07, 6.45) is 1.92. The minimum Gasteiger partial charge on any atom is -0.390 e. The van der Waals surface area contributed by atoms with E-state index in [1.165, 1.54) is 0 Å². The quantitative estimate of drug-likeness (QED) is 0.827. The Bertz CT molecular complexity index is 450. The number of aliphatic hydroxyl groups excluding tert-OH is 1. The average Bonchev–Trinajstić information content (AvgIpc) is 2.45. The number of halogens is 1. The highest BCUT2D eigenvalue weighted by atomic mass is 79.9. The lowest BCUT2D eigenvalue weighted by molar-refractivity contribution is 0.276. The van der Waals surface area contributed by atoms with Crippen molar-refractivity contribution in [3.8, 4) is 0 Å². The van der Waals surface area contributed by atoms with Crippen LogP contribution < -0.4 is 0 Å². The fourth-order valence-corrected chi connectivity index (χ4v) is 1.82. The third kappa shape index (κ3) is 1.26. The highest BCUT2D eigenvalue weighted by molar-refractivity contribution is 9.10. The van der Waals surface area contributed by atoms with Crippen LogP contribution in [0.5, 0.6) is 0 Å². The average molecular weight is 241 g/mol. The number of rotatable bonds is 1. The third-order valence-electron chi connectivity index (χ3n) is 2.00. The first kappa shape index (κ1) is 8.72. The maximum Gasteiger partial charge on any atom is 0.140 e. The monoisotopic (exact) mass is 240 g/mol. The molecular weight excluding hydrogens is 232 g/mol. The summed E-state index contributed by atoms with van der Waals surface area (Å²) in [4.78, 5) is 4.30. The molecule has 0 saturated carbocycles. The molecule has 0 spiro atoms. The zero-order valence-electron chi connectivity index (χ0n) is 7.16. The molecule has 0 aromatic carbocycles. The summed E-state index contributed by atoms with van der Waals surface area (Å²) in [6, 6.07) is 3.95. The normalized spacial score (nSPS) is 11.0. The molecule has 0 saturated heterocycles. The molecule has 2 aromatic heterocycles. The van der Waals surface area contributed by atoms with E-state index in [1.807, 2.05) is 29.7 Å². The summed E-state index contributed by atoms with van der Waals surface area (Å²) in [5.74, 6) is 0. The molecule has 0 fully saturated rings. The van der Waals surface area contributed by atoms with Crippen molar-refractivity contribution in [2.75, 3.05) is 0 Å². The molecule has 0 unspecified atom stereocenters. The molecule has 4 heteroatoms. The molecule has 2 aromatic rings.